The van der Waals surface area contributed by atoms with Crippen LogP contribution in [0, 0.1) is 19.3 Å². The predicted molar refractivity (Wildman–Crippen MR) is 68.3 cm³/mol. The van der Waals surface area contributed by atoms with Gasteiger partial charge in [-0.3, -0.25) is 0 Å². The molecule has 1 aromatic carbocycles. The van der Waals surface area contributed by atoms with Gasteiger partial charge in [-0.1, -0.05) is 43.2 Å². The lowest BCUT2D eigenvalue weighted by molar-refractivity contribution is 0.0391. The minimum Gasteiger partial charge on any atom is -0.388 e. The molecule has 0 bridgehead atoms. The summed E-state index contributed by atoms with van der Waals surface area (Å²) in [4.78, 5) is 0. The van der Waals surface area contributed by atoms with Gasteiger partial charge in [0.2, 0.25) is 0 Å². The van der Waals surface area contributed by atoms with Crippen LogP contribution in [0.4, 0.5) is 0 Å². The number of hydrogen-bond donors (Lipinski definition) is 2. The van der Waals surface area contributed by atoms with Crippen LogP contribution in [0.15, 0.2) is 18.2 Å². The van der Waals surface area contributed by atoms with Gasteiger partial charge in [0.25, 0.3) is 0 Å². The molecule has 0 aliphatic carbocycles. The summed E-state index contributed by atoms with van der Waals surface area (Å²) in [7, 11) is 0. The van der Waals surface area contributed by atoms with E-state index in [1.807, 2.05) is 19.1 Å². The molecule has 0 spiro atoms. The van der Waals surface area contributed by atoms with Gasteiger partial charge in [-0.15, -0.1) is 0 Å². The molecule has 0 aliphatic heterocycles. The Morgan fingerprint density at radius 1 is 1.25 bits per heavy atom. The predicted octanol–water partition coefficient (Wildman–Crippen LogP) is 2.71. The van der Waals surface area contributed by atoms with E-state index >= 15 is 0 Å². The molecule has 0 aliphatic rings. The van der Waals surface area contributed by atoms with Crippen LogP contribution in [0.2, 0.25) is 0 Å². The van der Waals surface area contributed by atoms with Gasteiger partial charge in [0.05, 0.1) is 6.10 Å². The molecule has 2 heteroatoms. The van der Waals surface area contributed by atoms with Gasteiger partial charge in [0.15, 0.2) is 0 Å². The second-order valence-electron chi connectivity index (χ2n) is 5.04. The van der Waals surface area contributed by atoms with Crippen LogP contribution in [-0.4, -0.2) is 11.7 Å². The SMILES string of the molecule is CCC(C)(CN)C(O)c1cc(C)cc(C)c1. The minimum atomic E-state index is -0.485. The van der Waals surface area contributed by atoms with Crippen LogP contribution in [-0.2, 0) is 0 Å². The van der Waals surface area contributed by atoms with Crippen molar-refractivity contribution in [1.29, 1.82) is 0 Å². The summed E-state index contributed by atoms with van der Waals surface area (Å²) in [6.45, 7) is 8.70. The summed E-state index contributed by atoms with van der Waals surface area (Å²) in [6, 6.07) is 6.20. The zero-order valence-electron chi connectivity index (χ0n) is 10.7. The van der Waals surface area contributed by atoms with Crippen LogP contribution >= 0.6 is 0 Å². The van der Waals surface area contributed by atoms with Crippen molar-refractivity contribution in [2.45, 2.75) is 40.2 Å². The summed E-state index contributed by atoms with van der Waals surface area (Å²) >= 11 is 0. The summed E-state index contributed by atoms with van der Waals surface area (Å²) in [6.07, 6.45) is 0.388. The number of rotatable bonds is 4. The molecule has 2 atom stereocenters. The molecule has 0 saturated carbocycles. The normalized spacial score (nSPS) is 16.9. The van der Waals surface area contributed by atoms with E-state index in [1.165, 1.54) is 11.1 Å². The van der Waals surface area contributed by atoms with E-state index < -0.39 is 6.10 Å². The van der Waals surface area contributed by atoms with Crippen LogP contribution in [0.5, 0.6) is 0 Å². The molecule has 90 valence electrons. The second kappa shape index (κ2) is 4.98. The van der Waals surface area contributed by atoms with E-state index in [0.717, 1.165) is 12.0 Å². The van der Waals surface area contributed by atoms with Crippen LogP contribution < -0.4 is 5.73 Å². The Kier molecular flexibility index (Phi) is 4.11. The number of benzene rings is 1. The van der Waals surface area contributed by atoms with E-state index in [0.29, 0.717) is 6.54 Å². The quantitative estimate of drug-likeness (QED) is 0.821. The van der Waals surface area contributed by atoms with Crippen molar-refractivity contribution in [3.05, 3.63) is 34.9 Å². The van der Waals surface area contributed by atoms with Crippen molar-refractivity contribution in [3.8, 4) is 0 Å². The highest BCUT2D eigenvalue weighted by Crippen LogP contribution is 2.36. The minimum absolute atomic E-state index is 0.236. The Balaban J connectivity index is 3.08. The number of aliphatic hydroxyl groups is 1. The molecule has 0 amide bonds. The first kappa shape index (κ1) is 13.2. The van der Waals surface area contributed by atoms with E-state index in [1.54, 1.807) is 0 Å². The maximum atomic E-state index is 10.4. The van der Waals surface area contributed by atoms with E-state index in [-0.39, 0.29) is 5.41 Å². The molecule has 0 heterocycles. The lowest BCUT2D eigenvalue weighted by Crippen LogP contribution is -2.33. The van der Waals surface area contributed by atoms with Crippen molar-refractivity contribution in [3.63, 3.8) is 0 Å². The molecule has 0 radical (unpaired) electrons. The standard InChI is InChI=1S/C14H23NO/c1-5-14(4,9-15)13(16)12-7-10(2)6-11(3)8-12/h6-8,13,16H,5,9,15H2,1-4H3. The highest BCUT2D eigenvalue weighted by molar-refractivity contribution is 5.30. The largest absolute Gasteiger partial charge is 0.388 e. The van der Waals surface area contributed by atoms with Gasteiger partial charge >= 0.3 is 0 Å². The Hall–Kier alpha value is -0.860. The summed E-state index contributed by atoms with van der Waals surface area (Å²) < 4.78 is 0. The molecule has 2 nitrogen and oxygen atoms in total. The first-order chi connectivity index (χ1) is 7.42. The van der Waals surface area contributed by atoms with Gasteiger partial charge in [-0.05, 0) is 25.8 Å². The fourth-order valence-electron chi connectivity index (χ4n) is 2.02. The maximum absolute atomic E-state index is 10.4. The van der Waals surface area contributed by atoms with Crippen LogP contribution in [0.1, 0.15) is 43.1 Å². The van der Waals surface area contributed by atoms with Crippen LogP contribution in [0.3, 0.4) is 0 Å². The molecule has 2 unspecified atom stereocenters. The van der Waals surface area contributed by atoms with E-state index in [2.05, 4.69) is 26.8 Å². The summed E-state index contributed by atoms with van der Waals surface area (Å²) in [5, 5.41) is 10.4. The third-order valence-corrected chi connectivity index (χ3v) is 3.49. The zero-order chi connectivity index (χ0) is 12.3. The number of aliphatic hydroxyl groups excluding tert-OH is 1. The van der Waals surface area contributed by atoms with Crippen LogP contribution in [0.25, 0.3) is 0 Å². The molecular weight excluding hydrogens is 198 g/mol. The third-order valence-electron chi connectivity index (χ3n) is 3.49. The first-order valence-electron chi connectivity index (χ1n) is 5.89. The van der Waals surface area contributed by atoms with Gasteiger partial charge in [-0.2, -0.15) is 0 Å². The third kappa shape index (κ3) is 2.63. The van der Waals surface area contributed by atoms with Gasteiger partial charge in [-0.25, -0.2) is 0 Å². The van der Waals surface area contributed by atoms with Gasteiger partial charge in [0, 0.05) is 12.0 Å². The van der Waals surface area contributed by atoms with Crippen molar-refractivity contribution >= 4 is 0 Å². The first-order valence-corrected chi connectivity index (χ1v) is 5.89. The molecule has 1 aromatic rings. The lowest BCUT2D eigenvalue weighted by atomic mass is 9.78. The molecule has 3 N–H and O–H groups in total. The van der Waals surface area contributed by atoms with Crippen molar-refractivity contribution in [2.75, 3.05) is 6.54 Å². The van der Waals surface area contributed by atoms with E-state index in [4.69, 9.17) is 5.73 Å². The molecular formula is C14H23NO. The van der Waals surface area contributed by atoms with E-state index in [9.17, 15) is 5.11 Å². The molecule has 0 saturated heterocycles. The Bertz CT molecular complexity index is 336. The molecule has 16 heavy (non-hydrogen) atoms. The summed E-state index contributed by atoms with van der Waals surface area (Å²) in [5.41, 5.74) is 8.88. The van der Waals surface area contributed by atoms with Crippen molar-refractivity contribution in [2.24, 2.45) is 11.1 Å². The highest BCUT2D eigenvalue weighted by Gasteiger charge is 2.31. The molecule has 0 aromatic heterocycles. The lowest BCUT2D eigenvalue weighted by Gasteiger charge is -2.32. The zero-order valence-corrected chi connectivity index (χ0v) is 10.7. The average Bonchev–Trinajstić information content (AvgIpc) is 2.25. The van der Waals surface area contributed by atoms with Crippen molar-refractivity contribution in [1.82, 2.24) is 0 Å². The van der Waals surface area contributed by atoms with Gasteiger partial charge in [0.1, 0.15) is 0 Å². The smallest absolute Gasteiger partial charge is 0.0855 e. The second-order valence-corrected chi connectivity index (χ2v) is 5.04. The molecule has 0 fully saturated rings. The maximum Gasteiger partial charge on any atom is 0.0855 e. The number of aryl methyl sites for hydroxylation is 2. The number of nitrogens with two attached hydrogens (primary N) is 1. The van der Waals surface area contributed by atoms with Gasteiger partial charge < -0.3 is 10.8 Å². The fourth-order valence-corrected chi connectivity index (χ4v) is 2.02. The monoisotopic (exact) mass is 221 g/mol. The summed E-state index contributed by atoms with van der Waals surface area (Å²) in [5.74, 6) is 0. The average molecular weight is 221 g/mol. The fraction of sp³-hybridized carbons (Fsp3) is 0.571. The molecule has 1 rings (SSSR count). The Morgan fingerprint density at radius 3 is 2.12 bits per heavy atom. The van der Waals surface area contributed by atoms with Crippen molar-refractivity contribution < 1.29 is 5.11 Å². The Labute approximate surface area is 98.5 Å². The Morgan fingerprint density at radius 2 is 1.75 bits per heavy atom. The number of hydrogen-bond acceptors (Lipinski definition) is 2. The highest BCUT2D eigenvalue weighted by atomic mass is 16.3. The topological polar surface area (TPSA) is 46.2 Å².